The van der Waals surface area contributed by atoms with Crippen LogP contribution in [0.4, 0.5) is 0 Å². The summed E-state index contributed by atoms with van der Waals surface area (Å²) in [7, 11) is 0. The molecule has 1 atom stereocenters. The third-order valence-electron chi connectivity index (χ3n) is 9.52. The maximum Gasteiger partial charge on any atom is 0.121 e. The van der Waals surface area contributed by atoms with Crippen molar-refractivity contribution in [3.63, 3.8) is 0 Å². The summed E-state index contributed by atoms with van der Waals surface area (Å²) in [4.78, 5) is 17.7. The van der Waals surface area contributed by atoms with Crippen molar-refractivity contribution in [2.75, 3.05) is 0 Å². The maximum atomic E-state index is 9.27. The van der Waals surface area contributed by atoms with E-state index in [9.17, 15) is 1.37 Å². The number of nitrogens with zero attached hydrogens (tertiary/aromatic N) is 4. The molecule has 5 heterocycles. The van der Waals surface area contributed by atoms with Crippen LogP contribution in [0.2, 0.25) is 0 Å². The van der Waals surface area contributed by atoms with Crippen LogP contribution in [0, 0.1) is 25.0 Å². The van der Waals surface area contributed by atoms with Crippen LogP contribution >= 0.6 is 0 Å². The molecule has 0 spiro atoms. The van der Waals surface area contributed by atoms with E-state index in [1.165, 1.54) is 6.20 Å². The molecule has 0 N–H and O–H groups in total. The zero-order chi connectivity index (χ0) is 40.5. The molecule has 1 saturated carbocycles. The van der Waals surface area contributed by atoms with Gasteiger partial charge >= 0.3 is 0 Å². The first-order valence-electron chi connectivity index (χ1n) is 20.6. The molecule has 9 rings (SSSR count). The minimum atomic E-state index is -2.20. The molecular weight excluding hydrogens is 829 g/mol. The zero-order valence-corrected chi connectivity index (χ0v) is 31.5. The van der Waals surface area contributed by atoms with E-state index in [0.29, 0.717) is 44.9 Å². The molecule has 3 aromatic carbocycles. The summed E-state index contributed by atoms with van der Waals surface area (Å²) in [5.41, 5.74) is 7.67. The van der Waals surface area contributed by atoms with Gasteiger partial charge in [0, 0.05) is 58.5 Å². The van der Waals surface area contributed by atoms with E-state index in [0.717, 1.165) is 53.1 Å². The molecule has 0 bridgehead atoms. The Morgan fingerprint density at radius 3 is 2.47 bits per heavy atom. The van der Waals surface area contributed by atoms with Crippen molar-refractivity contribution in [3.8, 4) is 33.6 Å². The summed E-state index contributed by atoms with van der Waals surface area (Å²) in [5.74, 6) is -1.16. The number of pyridine rings is 4. The Morgan fingerprint density at radius 2 is 1.68 bits per heavy atom. The van der Waals surface area contributed by atoms with Gasteiger partial charge in [0.05, 0.1) is 5.58 Å². The van der Waals surface area contributed by atoms with Crippen molar-refractivity contribution in [2.45, 2.75) is 51.7 Å². The molecule has 6 heteroatoms. The summed E-state index contributed by atoms with van der Waals surface area (Å²) in [5, 5.41) is 1.62. The van der Waals surface area contributed by atoms with Crippen LogP contribution in [-0.2, 0) is 26.5 Å². The smallest absolute Gasteiger partial charge is 0.121 e. The average molecular weight is 875 g/mol. The van der Waals surface area contributed by atoms with E-state index in [2.05, 4.69) is 27.2 Å². The Hall–Kier alpha value is -5.29. The van der Waals surface area contributed by atoms with Gasteiger partial charge in [-0.05, 0) is 100 Å². The Balaban J connectivity index is 0.000000198. The summed E-state index contributed by atoms with van der Waals surface area (Å²) in [6.45, 7) is -0.383. The van der Waals surface area contributed by atoms with Crippen LogP contribution in [0.3, 0.4) is 0 Å². The molecule has 8 aromatic rings. The topological polar surface area (TPSA) is 64.7 Å². The van der Waals surface area contributed by atoms with Crippen molar-refractivity contribution >= 4 is 21.9 Å². The van der Waals surface area contributed by atoms with Crippen LogP contribution < -0.4 is 0 Å². The minimum Gasteiger partial charge on any atom is -0.500 e. The third kappa shape index (κ3) is 7.90. The molecule has 265 valence electrons. The Kier molecular flexibility index (Phi) is 9.14. The Bertz CT molecular complexity index is 2680. The van der Waals surface area contributed by atoms with Gasteiger partial charge < -0.3 is 19.4 Å². The van der Waals surface area contributed by atoms with E-state index in [-0.39, 0.29) is 31.6 Å². The van der Waals surface area contributed by atoms with Gasteiger partial charge in [-0.2, -0.15) is 0 Å². The summed E-state index contributed by atoms with van der Waals surface area (Å²) < 4.78 is 56.5. The number of hydrogen-bond acceptors (Lipinski definition) is 5. The predicted octanol–water partition coefficient (Wildman–Crippen LogP) is 11.6. The van der Waals surface area contributed by atoms with Gasteiger partial charge in [-0.1, -0.05) is 104 Å². The van der Waals surface area contributed by atoms with E-state index >= 15 is 0 Å². The number of hydrogen-bond donors (Lipinski definition) is 0. The zero-order valence-electron chi connectivity index (χ0n) is 35.1. The standard InChI is InChI=1S/C29H26N3O.C18H14N.Ir/c1-19(22-11-13-30-14-12-22)28-27-23-8-4-5-9-26(23)33-29(27)24(18-32-28)25-17-21(10-15-31-25)16-20-6-2-3-7-20;1-14-13-19-18(16-10-6-3-7-11-16)12-17(14)15-8-4-2-5-9-15;/h4-5,8-15,17,19-20H,2-3,6-7,16H2,1H3;2-10,12-13H,1H3;/q2*-1;/i16D2,19D;1D3;. The molecule has 5 nitrogen and oxygen atoms in total. The molecule has 1 radical (unpaired) electrons. The van der Waals surface area contributed by atoms with Gasteiger partial charge in [0.2, 0.25) is 0 Å². The van der Waals surface area contributed by atoms with E-state index in [4.69, 9.17) is 16.3 Å². The van der Waals surface area contributed by atoms with Gasteiger partial charge in [0.15, 0.2) is 0 Å². The van der Waals surface area contributed by atoms with Crippen molar-refractivity contribution in [2.24, 2.45) is 5.92 Å². The number of para-hydroxylation sites is 1. The van der Waals surface area contributed by atoms with Gasteiger partial charge in [-0.3, -0.25) is 4.98 Å². The fourth-order valence-electron chi connectivity index (χ4n) is 6.83. The van der Waals surface area contributed by atoms with Gasteiger partial charge in [-0.15, -0.1) is 35.9 Å². The van der Waals surface area contributed by atoms with Gasteiger partial charge in [0.1, 0.15) is 5.58 Å². The molecule has 1 aliphatic rings. The van der Waals surface area contributed by atoms with Crippen molar-refractivity contribution in [1.29, 1.82) is 0 Å². The quantitative estimate of drug-likeness (QED) is 0.149. The number of fused-ring (bicyclic) bond motifs is 3. The third-order valence-corrected chi connectivity index (χ3v) is 9.52. The number of rotatable bonds is 7. The molecule has 0 aliphatic heterocycles. The van der Waals surface area contributed by atoms with Crippen molar-refractivity contribution in [1.82, 2.24) is 19.9 Å². The summed E-state index contributed by atoms with van der Waals surface area (Å²) in [6, 6.07) is 36.9. The first-order chi connectivity index (χ1) is 27.9. The van der Waals surface area contributed by atoms with Crippen LogP contribution in [0.15, 0.2) is 138 Å². The second-order valence-corrected chi connectivity index (χ2v) is 12.9. The minimum absolute atomic E-state index is 0. The first-order valence-corrected chi connectivity index (χ1v) is 17.6. The second kappa shape index (κ2) is 16.6. The van der Waals surface area contributed by atoms with Gasteiger partial charge in [0.25, 0.3) is 0 Å². The normalized spacial score (nSPS) is 16.1. The largest absolute Gasteiger partial charge is 0.500 e. The summed E-state index contributed by atoms with van der Waals surface area (Å²) in [6.07, 6.45) is 12.1. The first kappa shape index (κ1) is 29.2. The monoisotopic (exact) mass is 875 g/mol. The molecule has 5 aromatic heterocycles. The summed E-state index contributed by atoms with van der Waals surface area (Å²) >= 11 is 0. The van der Waals surface area contributed by atoms with Gasteiger partial charge in [-0.25, -0.2) is 0 Å². The second-order valence-electron chi connectivity index (χ2n) is 12.9. The van der Waals surface area contributed by atoms with E-state index in [1.807, 2.05) is 104 Å². The van der Waals surface area contributed by atoms with Crippen molar-refractivity contribution in [3.05, 3.63) is 169 Å². The Morgan fingerprint density at radius 1 is 0.887 bits per heavy atom. The molecule has 0 saturated heterocycles. The van der Waals surface area contributed by atoms with Crippen LogP contribution in [0.5, 0.6) is 0 Å². The van der Waals surface area contributed by atoms with E-state index < -0.39 is 19.1 Å². The molecule has 1 aliphatic carbocycles. The SMILES string of the molecule is [2H]C(C)(c1ccncc1)c1n[c-]c(-c2cc(C([2H])([2H])C3CCCC3)ccn2)c2oc3ccccc3c12.[2H]C([2H])([2H])c1cnc(-c2[c-]cccc2)cc1-c1ccccc1.[Ir]. The predicted molar refractivity (Wildman–Crippen MR) is 210 cm³/mol. The average Bonchev–Trinajstić information content (AvgIpc) is 3.94. The molecule has 53 heavy (non-hydrogen) atoms. The van der Waals surface area contributed by atoms with Crippen LogP contribution in [-0.4, -0.2) is 19.9 Å². The van der Waals surface area contributed by atoms with Crippen LogP contribution in [0.25, 0.3) is 55.6 Å². The molecule has 1 fully saturated rings. The van der Waals surface area contributed by atoms with E-state index in [1.54, 1.807) is 30.7 Å². The van der Waals surface area contributed by atoms with Crippen molar-refractivity contribution < 1.29 is 32.7 Å². The maximum absolute atomic E-state index is 9.27. The fourth-order valence-corrected chi connectivity index (χ4v) is 6.83. The molecular formula is C47H40IrN4O-2. The number of aryl methyl sites for hydroxylation is 1. The Labute approximate surface area is 333 Å². The molecule has 1 unspecified atom stereocenters. The van der Waals surface area contributed by atoms with Crippen LogP contribution in [0.1, 0.15) is 69.1 Å². The number of aromatic nitrogens is 4. The molecule has 0 amide bonds. The number of benzene rings is 3. The fraction of sp³-hybridized carbons (Fsp3) is 0.191. The number of furan rings is 1.